The van der Waals surface area contributed by atoms with Gasteiger partial charge in [-0.15, -0.1) is 11.3 Å². The van der Waals surface area contributed by atoms with Crippen LogP contribution in [0.4, 0.5) is 5.00 Å². The SMILES string of the molecule is Cc1ccc(-c2nc3c(C)cccn3c2CC(=O)Nc2scc(C(C)(C)C)c2C#N)cc1C. The largest absolute Gasteiger partial charge is 0.316 e. The molecule has 0 radical (unpaired) electrons. The minimum absolute atomic E-state index is 0.153. The molecule has 0 aliphatic carbocycles. The van der Waals surface area contributed by atoms with E-state index in [1.54, 1.807) is 0 Å². The number of fused-ring (bicyclic) bond motifs is 1. The lowest BCUT2D eigenvalue weighted by Crippen LogP contribution is -2.17. The van der Waals surface area contributed by atoms with Gasteiger partial charge in [-0.2, -0.15) is 5.26 Å². The second kappa shape index (κ2) is 8.49. The number of pyridine rings is 1. The number of hydrogen-bond acceptors (Lipinski definition) is 4. The first-order valence-electron chi connectivity index (χ1n) is 11.0. The van der Waals surface area contributed by atoms with Crippen molar-refractivity contribution in [3.05, 3.63) is 75.4 Å². The Balaban J connectivity index is 1.74. The zero-order valence-electron chi connectivity index (χ0n) is 19.9. The first-order chi connectivity index (χ1) is 15.6. The number of nitrogens with one attached hydrogen (secondary N) is 1. The fourth-order valence-corrected chi connectivity index (χ4v) is 5.13. The van der Waals surface area contributed by atoms with Gasteiger partial charge in [0, 0.05) is 11.8 Å². The molecule has 0 fully saturated rings. The van der Waals surface area contributed by atoms with Crippen LogP contribution in [0.3, 0.4) is 0 Å². The molecule has 168 valence electrons. The molecule has 0 aliphatic rings. The number of benzene rings is 1. The number of imidazole rings is 1. The summed E-state index contributed by atoms with van der Waals surface area (Å²) in [6, 6.07) is 12.5. The molecule has 0 bridgehead atoms. The van der Waals surface area contributed by atoms with Crippen molar-refractivity contribution in [2.45, 2.75) is 53.4 Å². The molecule has 1 amide bonds. The lowest BCUT2D eigenvalue weighted by atomic mass is 9.86. The predicted molar refractivity (Wildman–Crippen MR) is 135 cm³/mol. The van der Waals surface area contributed by atoms with Gasteiger partial charge in [0.05, 0.1) is 23.4 Å². The van der Waals surface area contributed by atoms with E-state index in [1.165, 1.54) is 22.5 Å². The van der Waals surface area contributed by atoms with Gasteiger partial charge in [-0.1, -0.05) is 39.0 Å². The Kier molecular flexibility index (Phi) is 5.85. The topological polar surface area (TPSA) is 70.2 Å². The van der Waals surface area contributed by atoms with Gasteiger partial charge in [-0.05, 0) is 66.0 Å². The Hall–Kier alpha value is -3.43. The first kappa shape index (κ1) is 22.8. The number of rotatable bonds is 4. The smallest absolute Gasteiger partial charge is 0.231 e. The van der Waals surface area contributed by atoms with Crippen LogP contribution in [0, 0.1) is 32.1 Å². The van der Waals surface area contributed by atoms with Gasteiger partial charge < -0.3 is 9.72 Å². The monoisotopic (exact) mass is 456 g/mol. The van der Waals surface area contributed by atoms with Crippen molar-refractivity contribution >= 4 is 27.9 Å². The summed E-state index contributed by atoms with van der Waals surface area (Å²) in [7, 11) is 0. The number of aryl methyl sites for hydroxylation is 3. The highest BCUT2D eigenvalue weighted by atomic mass is 32.1. The number of carbonyl (C=O) groups excluding carboxylic acids is 1. The Labute approximate surface area is 198 Å². The number of thiophene rings is 1. The molecule has 0 spiro atoms. The molecule has 33 heavy (non-hydrogen) atoms. The maximum atomic E-state index is 13.2. The van der Waals surface area contributed by atoms with Gasteiger partial charge in [0.25, 0.3) is 0 Å². The van der Waals surface area contributed by atoms with Crippen LogP contribution in [-0.2, 0) is 16.6 Å². The second-order valence-corrected chi connectivity index (χ2v) is 10.4. The molecule has 0 atom stereocenters. The van der Waals surface area contributed by atoms with Crippen LogP contribution in [-0.4, -0.2) is 15.3 Å². The van der Waals surface area contributed by atoms with E-state index in [1.807, 2.05) is 35.0 Å². The summed E-state index contributed by atoms with van der Waals surface area (Å²) in [6.07, 6.45) is 2.10. The molecule has 0 saturated heterocycles. The average molecular weight is 457 g/mol. The van der Waals surface area contributed by atoms with E-state index >= 15 is 0 Å². The van der Waals surface area contributed by atoms with Crippen molar-refractivity contribution in [1.82, 2.24) is 9.38 Å². The summed E-state index contributed by atoms with van der Waals surface area (Å²) in [5.74, 6) is -0.165. The summed E-state index contributed by atoms with van der Waals surface area (Å²) in [6.45, 7) is 12.4. The molecule has 1 aromatic carbocycles. The Bertz CT molecular complexity index is 1410. The Morgan fingerprint density at radius 1 is 1.15 bits per heavy atom. The van der Waals surface area contributed by atoms with Crippen LogP contribution in [0.25, 0.3) is 16.9 Å². The molecular weight excluding hydrogens is 428 g/mol. The number of nitrogens with zero attached hydrogens (tertiary/aromatic N) is 3. The third kappa shape index (κ3) is 4.29. The minimum Gasteiger partial charge on any atom is -0.316 e. The summed E-state index contributed by atoms with van der Waals surface area (Å²) in [5, 5.41) is 15.3. The highest BCUT2D eigenvalue weighted by Gasteiger charge is 2.24. The van der Waals surface area contributed by atoms with Crippen LogP contribution in [0.2, 0.25) is 0 Å². The van der Waals surface area contributed by atoms with E-state index in [0.717, 1.165) is 33.7 Å². The van der Waals surface area contributed by atoms with Gasteiger partial charge in [-0.3, -0.25) is 4.79 Å². The van der Waals surface area contributed by atoms with Gasteiger partial charge >= 0.3 is 0 Å². The van der Waals surface area contributed by atoms with E-state index in [2.05, 4.69) is 64.2 Å². The zero-order chi connectivity index (χ0) is 23.9. The lowest BCUT2D eigenvalue weighted by Gasteiger charge is -2.17. The van der Waals surface area contributed by atoms with E-state index in [-0.39, 0.29) is 17.7 Å². The molecule has 0 saturated carbocycles. The van der Waals surface area contributed by atoms with Gasteiger partial charge in [-0.25, -0.2) is 4.98 Å². The lowest BCUT2D eigenvalue weighted by molar-refractivity contribution is -0.115. The summed E-state index contributed by atoms with van der Waals surface area (Å²) < 4.78 is 2.00. The van der Waals surface area contributed by atoms with Crippen molar-refractivity contribution < 1.29 is 4.79 Å². The number of nitriles is 1. The van der Waals surface area contributed by atoms with Crippen molar-refractivity contribution in [3.8, 4) is 17.3 Å². The van der Waals surface area contributed by atoms with Crippen LogP contribution in [0.15, 0.2) is 41.9 Å². The Morgan fingerprint density at radius 2 is 1.91 bits per heavy atom. The summed E-state index contributed by atoms with van der Waals surface area (Å²) in [4.78, 5) is 18.1. The number of anilines is 1. The second-order valence-electron chi connectivity index (χ2n) is 9.53. The quantitative estimate of drug-likeness (QED) is 0.390. The molecule has 3 heterocycles. The molecular formula is C27H28N4OS. The van der Waals surface area contributed by atoms with E-state index < -0.39 is 0 Å². The van der Waals surface area contributed by atoms with Gasteiger partial charge in [0.1, 0.15) is 16.7 Å². The van der Waals surface area contributed by atoms with E-state index in [9.17, 15) is 10.1 Å². The fourth-order valence-electron chi connectivity index (χ4n) is 3.98. The molecule has 0 unspecified atom stereocenters. The molecule has 4 aromatic rings. The molecule has 0 aliphatic heterocycles. The van der Waals surface area contributed by atoms with Crippen LogP contribution in [0.5, 0.6) is 0 Å². The third-order valence-electron chi connectivity index (χ3n) is 6.02. The molecule has 4 rings (SSSR count). The van der Waals surface area contributed by atoms with Gasteiger partial charge in [0.15, 0.2) is 0 Å². The van der Waals surface area contributed by atoms with Crippen LogP contribution < -0.4 is 5.32 Å². The molecule has 5 nitrogen and oxygen atoms in total. The van der Waals surface area contributed by atoms with E-state index in [0.29, 0.717) is 10.6 Å². The summed E-state index contributed by atoms with van der Waals surface area (Å²) in [5.41, 5.74) is 8.26. The van der Waals surface area contributed by atoms with Crippen LogP contribution in [0.1, 0.15) is 54.3 Å². The number of aromatic nitrogens is 2. The first-order valence-corrected chi connectivity index (χ1v) is 11.8. The number of hydrogen-bond donors (Lipinski definition) is 1. The average Bonchev–Trinajstić information content (AvgIpc) is 3.32. The minimum atomic E-state index is -0.166. The van der Waals surface area contributed by atoms with Gasteiger partial charge in [0.2, 0.25) is 5.91 Å². The normalized spacial score (nSPS) is 11.5. The highest BCUT2D eigenvalue weighted by Crippen LogP contribution is 2.36. The molecule has 1 N–H and O–H groups in total. The zero-order valence-corrected chi connectivity index (χ0v) is 20.7. The molecule has 3 aromatic heterocycles. The maximum absolute atomic E-state index is 13.2. The number of amides is 1. The molecule has 6 heteroatoms. The maximum Gasteiger partial charge on any atom is 0.231 e. The standard InChI is InChI=1S/C27H28N4OS/c1-16-9-10-19(12-18(16)3)24-22(31-11-7-8-17(2)25(31)30-24)13-23(32)29-26-20(14-28)21(15-33-26)27(4,5)6/h7-12,15H,13H2,1-6H3,(H,29,32). The van der Waals surface area contributed by atoms with Crippen molar-refractivity contribution in [2.24, 2.45) is 0 Å². The highest BCUT2D eigenvalue weighted by molar-refractivity contribution is 7.14. The van der Waals surface area contributed by atoms with Crippen molar-refractivity contribution in [1.29, 1.82) is 5.26 Å². The predicted octanol–water partition coefficient (Wildman–Crippen LogP) is 6.34. The van der Waals surface area contributed by atoms with Crippen LogP contribution >= 0.6 is 11.3 Å². The third-order valence-corrected chi connectivity index (χ3v) is 6.91. The summed E-state index contributed by atoms with van der Waals surface area (Å²) >= 11 is 1.40. The fraction of sp³-hybridized carbons (Fsp3) is 0.296. The van der Waals surface area contributed by atoms with Crippen molar-refractivity contribution in [3.63, 3.8) is 0 Å². The Morgan fingerprint density at radius 3 is 2.58 bits per heavy atom. The van der Waals surface area contributed by atoms with Crippen molar-refractivity contribution in [2.75, 3.05) is 5.32 Å². The number of carbonyl (C=O) groups is 1. The van der Waals surface area contributed by atoms with E-state index in [4.69, 9.17) is 4.98 Å².